The number of hydrogen-bond acceptors (Lipinski definition) is 4. The molecule has 2 aliphatic heterocycles. The van der Waals surface area contributed by atoms with Crippen LogP contribution in [0.25, 0.3) is 0 Å². The van der Waals surface area contributed by atoms with Crippen LogP contribution in [0.3, 0.4) is 0 Å². The highest BCUT2D eigenvalue weighted by Crippen LogP contribution is 2.22. The van der Waals surface area contributed by atoms with E-state index in [2.05, 4.69) is 20.2 Å². The molecule has 0 aromatic carbocycles. The van der Waals surface area contributed by atoms with Gasteiger partial charge in [0.15, 0.2) is 4.77 Å². The average molecular weight is 264 g/mol. The quantitative estimate of drug-likeness (QED) is 0.821. The lowest BCUT2D eigenvalue weighted by Gasteiger charge is -2.26. The van der Waals surface area contributed by atoms with E-state index in [0.717, 1.165) is 31.7 Å². The number of nitrogens with zero attached hydrogens (tertiary/aromatic N) is 2. The molecular formula is C13H20N4S. The van der Waals surface area contributed by atoms with Gasteiger partial charge in [-0.15, -0.1) is 0 Å². The summed E-state index contributed by atoms with van der Waals surface area (Å²) in [7, 11) is 0. The highest BCUT2D eigenvalue weighted by atomic mass is 32.1. The smallest absolute Gasteiger partial charge is 0.198 e. The number of aromatic nitrogens is 2. The van der Waals surface area contributed by atoms with Gasteiger partial charge in [-0.1, -0.05) is 6.42 Å². The summed E-state index contributed by atoms with van der Waals surface area (Å²) in [5.41, 5.74) is 2.64. The molecule has 0 spiro atoms. The Hall–Kier alpha value is -0.940. The summed E-state index contributed by atoms with van der Waals surface area (Å²) in [6.07, 6.45) is 6.24. The van der Waals surface area contributed by atoms with Crippen molar-refractivity contribution >= 4 is 18.0 Å². The second-order valence-corrected chi connectivity index (χ2v) is 5.56. The zero-order valence-corrected chi connectivity index (χ0v) is 11.5. The number of rotatable bonds is 3. The number of fused-ring (bicyclic) bond motifs is 1. The lowest BCUT2D eigenvalue weighted by molar-refractivity contribution is 0.230. The Balaban J connectivity index is 1.70. The Morgan fingerprint density at radius 2 is 2.06 bits per heavy atom. The highest BCUT2D eigenvalue weighted by Gasteiger charge is 2.17. The molecule has 1 fully saturated rings. The van der Waals surface area contributed by atoms with Gasteiger partial charge in [0.2, 0.25) is 0 Å². The van der Waals surface area contributed by atoms with Crippen molar-refractivity contribution in [2.24, 2.45) is 0 Å². The third-order valence-electron chi connectivity index (χ3n) is 3.92. The third-order valence-corrected chi connectivity index (χ3v) is 4.11. The van der Waals surface area contributed by atoms with E-state index in [4.69, 9.17) is 12.2 Å². The minimum absolute atomic E-state index is 0.608. The number of aromatic amines is 1. The molecule has 3 rings (SSSR count). The van der Waals surface area contributed by atoms with E-state index in [-0.39, 0.29) is 0 Å². The van der Waals surface area contributed by atoms with Gasteiger partial charge in [0.05, 0.1) is 0 Å². The first kappa shape index (κ1) is 12.1. The lowest BCUT2D eigenvalue weighted by Crippen LogP contribution is -2.31. The summed E-state index contributed by atoms with van der Waals surface area (Å²) in [4.78, 5) is 10.2. The molecule has 0 bridgehead atoms. The molecule has 18 heavy (non-hydrogen) atoms. The fraction of sp³-hybridized carbons (Fsp3) is 0.692. The van der Waals surface area contributed by atoms with E-state index >= 15 is 0 Å². The molecule has 4 nitrogen and oxygen atoms in total. The van der Waals surface area contributed by atoms with Crippen molar-refractivity contribution in [3.8, 4) is 0 Å². The van der Waals surface area contributed by atoms with Crippen molar-refractivity contribution in [3.05, 3.63) is 16.0 Å². The fourth-order valence-corrected chi connectivity index (χ4v) is 3.15. The van der Waals surface area contributed by atoms with Crippen LogP contribution in [0.5, 0.6) is 0 Å². The van der Waals surface area contributed by atoms with Crippen LogP contribution in [0.15, 0.2) is 0 Å². The van der Waals surface area contributed by atoms with E-state index in [1.165, 1.54) is 43.6 Å². The van der Waals surface area contributed by atoms with Crippen LogP contribution in [0, 0.1) is 4.77 Å². The summed E-state index contributed by atoms with van der Waals surface area (Å²) in [5, 5.41) is 3.31. The van der Waals surface area contributed by atoms with Crippen LogP contribution in [-0.4, -0.2) is 41.0 Å². The van der Waals surface area contributed by atoms with Gasteiger partial charge >= 0.3 is 0 Å². The normalized spacial score (nSPS) is 19.6. The molecule has 0 amide bonds. The summed E-state index contributed by atoms with van der Waals surface area (Å²) in [6.45, 7) is 4.64. The lowest BCUT2D eigenvalue weighted by atomic mass is 10.1. The number of nitrogens with one attached hydrogen (secondary N) is 2. The molecule has 2 N–H and O–H groups in total. The number of hydrogen-bond donors (Lipinski definition) is 2. The van der Waals surface area contributed by atoms with Gasteiger partial charge in [0, 0.05) is 30.8 Å². The molecule has 2 aliphatic rings. The molecule has 98 valence electrons. The van der Waals surface area contributed by atoms with E-state index in [9.17, 15) is 0 Å². The molecule has 0 radical (unpaired) electrons. The largest absolute Gasteiger partial charge is 0.369 e. The summed E-state index contributed by atoms with van der Waals surface area (Å²) >= 11 is 5.19. The maximum atomic E-state index is 5.19. The second-order valence-electron chi connectivity index (χ2n) is 5.18. The highest BCUT2D eigenvalue weighted by molar-refractivity contribution is 7.71. The monoisotopic (exact) mass is 264 g/mol. The number of anilines is 1. The van der Waals surface area contributed by atoms with E-state index in [1.807, 2.05) is 0 Å². The molecule has 1 aromatic heterocycles. The van der Waals surface area contributed by atoms with Crippen molar-refractivity contribution in [1.82, 2.24) is 14.9 Å². The first-order valence-corrected chi connectivity index (χ1v) is 7.32. The van der Waals surface area contributed by atoms with Gasteiger partial charge < -0.3 is 15.2 Å². The average Bonchev–Trinajstić information content (AvgIpc) is 2.85. The van der Waals surface area contributed by atoms with Crippen molar-refractivity contribution < 1.29 is 0 Å². The minimum atomic E-state index is 0.608. The summed E-state index contributed by atoms with van der Waals surface area (Å²) in [6, 6.07) is 0. The number of piperidine rings is 1. The van der Waals surface area contributed by atoms with Gasteiger partial charge in [-0.2, -0.15) is 0 Å². The molecule has 5 heteroatoms. The van der Waals surface area contributed by atoms with Gasteiger partial charge in [-0.25, -0.2) is 4.98 Å². The van der Waals surface area contributed by atoms with Gasteiger partial charge in [-0.05, 0) is 44.6 Å². The van der Waals surface area contributed by atoms with E-state index < -0.39 is 0 Å². The molecule has 1 saturated heterocycles. The van der Waals surface area contributed by atoms with Crippen molar-refractivity contribution in [1.29, 1.82) is 0 Å². The molecule has 0 unspecified atom stereocenters. The maximum Gasteiger partial charge on any atom is 0.198 e. The van der Waals surface area contributed by atoms with Crippen molar-refractivity contribution in [2.75, 3.05) is 31.5 Å². The van der Waals surface area contributed by atoms with Crippen LogP contribution >= 0.6 is 12.2 Å². The molecule has 1 aromatic rings. The second kappa shape index (κ2) is 5.36. The standard InChI is InChI=1S/C13H20N4S/c18-13-15-11(10-4-6-14-12(10)16-13)5-9-17-7-2-1-3-8-17/h1-9H2,(H2,14,15,16,18). The molecule has 0 saturated carbocycles. The minimum Gasteiger partial charge on any atom is -0.369 e. The van der Waals surface area contributed by atoms with Crippen LogP contribution in [0.4, 0.5) is 5.82 Å². The predicted molar refractivity (Wildman–Crippen MR) is 75.6 cm³/mol. The Kier molecular flexibility index (Phi) is 3.61. The molecule has 0 aliphatic carbocycles. The fourth-order valence-electron chi connectivity index (χ4n) is 2.93. The van der Waals surface area contributed by atoms with Crippen LogP contribution in [0.2, 0.25) is 0 Å². The van der Waals surface area contributed by atoms with E-state index in [0.29, 0.717) is 4.77 Å². The van der Waals surface area contributed by atoms with Gasteiger partial charge in [0.25, 0.3) is 0 Å². The van der Waals surface area contributed by atoms with Gasteiger partial charge in [0.1, 0.15) is 5.82 Å². The maximum absolute atomic E-state index is 5.19. The summed E-state index contributed by atoms with van der Waals surface area (Å²) in [5.74, 6) is 1.01. The van der Waals surface area contributed by atoms with Crippen molar-refractivity contribution in [2.45, 2.75) is 32.1 Å². The Bertz CT molecular complexity index is 476. The SMILES string of the molecule is S=c1nc2c(c(CCN3CCCCC3)[nH]1)CCN2. The number of H-pyrrole nitrogens is 1. The first-order chi connectivity index (χ1) is 8.83. The molecule has 0 atom stereocenters. The van der Waals surface area contributed by atoms with Crippen LogP contribution < -0.4 is 5.32 Å². The van der Waals surface area contributed by atoms with Crippen LogP contribution in [0.1, 0.15) is 30.5 Å². The molecular weight excluding hydrogens is 244 g/mol. The Morgan fingerprint density at radius 1 is 1.22 bits per heavy atom. The topological polar surface area (TPSA) is 44.0 Å². The van der Waals surface area contributed by atoms with Crippen LogP contribution in [-0.2, 0) is 12.8 Å². The zero-order valence-electron chi connectivity index (χ0n) is 10.7. The predicted octanol–water partition coefficient (Wildman–Crippen LogP) is 2.14. The zero-order chi connectivity index (χ0) is 12.4. The first-order valence-electron chi connectivity index (χ1n) is 6.91. The molecule has 3 heterocycles. The Morgan fingerprint density at radius 3 is 2.89 bits per heavy atom. The Labute approximate surface area is 113 Å². The van der Waals surface area contributed by atoms with Crippen molar-refractivity contribution in [3.63, 3.8) is 0 Å². The van der Waals surface area contributed by atoms with Gasteiger partial charge in [-0.3, -0.25) is 0 Å². The van der Waals surface area contributed by atoms with E-state index in [1.54, 1.807) is 0 Å². The third kappa shape index (κ3) is 2.57. The number of likely N-dealkylation sites (tertiary alicyclic amines) is 1. The summed E-state index contributed by atoms with van der Waals surface area (Å²) < 4.78 is 0.608.